The average Bonchev–Trinajstić information content (AvgIpc) is 2.39. The number of anilines is 2. The fraction of sp³-hybridized carbons (Fsp3) is 0.0909. The van der Waals surface area contributed by atoms with E-state index in [1.165, 1.54) is 17.6 Å². The summed E-state index contributed by atoms with van der Waals surface area (Å²) >= 11 is 0. The third-order valence-corrected chi connectivity index (χ3v) is 2.28. The van der Waals surface area contributed by atoms with Crippen LogP contribution in [0.25, 0.3) is 0 Å². The Morgan fingerprint density at radius 3 is 2.53 bits per heavy atom. The highest BCUT2D eigenvalue weighted by atomic mass is 16.2. The van der Waals surface area contributed by atoms with Crippen molar-refractivity contribution in [3.63, 3.8) is 0 Å². The molecule has 2 rings (SSSR count). The number of hydrogen-bond acceptors (Lipinski definition) is 5. The van der Waals surface area contributed by atoms with Crippen LogP contribution >= 0.6 is 0 Å². The molecule has 1 aromatic heterocycles. The van der Waals surface area contributed by atoms with Gasteiger partial charge in [-0.1, -0.05) is 12.1 Å². The first kappa shape index (κ1) is 11.0. The van der Waals surface area contributed by atoms with Crippen molar-refractivity contribution in [2.24, 2.45) is 0 Å². The van der Waals surface area contributed by atoms with E-state index in [-0.39, 0.29) is 11.9 Å². The summed E-state index contributed by atoms with van der Waals surface area (Å²) in [4.78, 5) is 24.9. The van der Waals surface area contributed by atoms with E-state index in [1.54, 1.807) is 31.3 Å². The molecule has 1 aromatic carbocycles. The Kier molecular flexibility index (Phi) is 2.95. The van der Waals surface area contributed by atoms with Crippen LogP contribution in [0.5, 0.6) is 0 Å². The Bertz CT molecular complexity index is 528. The van der Waals surface area contributed by atoms with Gasteiger partial charge in [0.25, 0.3) is 5.91 Å². The summed E-state index contributed by atoms with van der Waals surface area (Å²) < 4.78 is 0. The lowest BCUT2D eigenvalue weighted by Crippen LogP contribution is -2.28. The first-order chi connectivity index (χ1) is 8.20. The van der Waals surface area contributed by atoms with Crippen molar-refractivity contribution >= 4 is 17.5 Å². The van der Waals surface area contributed by atoms with Gasteiger partial charge in [-0.05, 0) is 12.1 Å². The summed E-state index contributed by atoms with van der Waals surface area (Å²) in [6, 6.07) is 6.86. The highest BCUT2D eigenvalue weighted by Crippen LogP contribution is 2.14. The van der Waals surface area contributed by atoms with E-state index in [1.807, 2.05) is 0 Å². The monoisotopic (exact) mass is 229 g/mol. The number of rotatable bonds is 2. The first-order valence-corrected chi connectivity index (χ1v) is 4.94. The number of para-hydroxylation sites is 1. The Balaban J connectivity index is 2.30. The highest BCUT2D eigenvalue weighted by Gasteiger charge is 2.17. The van der Waals surface area contributed by atoms with Crippen LogP contribution < -0.4 is 10.6 Å². The van der Waals surface area contributed by atoms with Gasteiger partial charge in [-0.25, -0.2) is 15.0 Å². The number of benzene rings is 1. The van der Waals surface area contributed by atoms with E-state index in [0.29, 0.717) is 11.3 Å². The van der Waals surface area contributed by atoms with Crippen LogP contribution in [-0.2, 0) is 0 Å². The number of hydrogen-bond donors (Lipinski definition) is 1. The fourth-order valence-corrected chi connectivity index (χ4v) is 1.37. The number of nitrogens with zero attached hydrogens (tertiary/aromatic N) is 4. The molecular formula is C11H11N5O. The van der Waals surface area contributed by atoms with E-state index in [4.69, 9.17) is 5.73 Å². The van der Waals surface area contributed by atoms with Crippen LogP contribution in [0.4, 0.5) is 11.6 Å². The Labute approximate surface area is 98.1 Å². The number of carbonyl (C=O) groups is 1. The van der Waals surface area contributed by atoms with Gasteiger partial charge in [0.05, 0.1) is 5.56 Å². The molecule has 2 N–H and O–H groups in total. The summed E-state index contributed by atoms with van der Waals surface area (Å²) in [5.41, 5.74) is 6.59. The fourth-order valence-electron chi connectivity index (χ4n) is 1.37. The lowest BCUT2D eigenvalue weighted by molar-refractivity contribution is 0.0992. The van der Waals surface area contributed by atoms with Gasteiger partial charge in [0.15, 0.2) is 0 Å². The second-order valence-electron chi connectivity index (χ2n) is 3.39. The predicted octanol–water partition coefficient (Wildman–Crippen LogP) is 0.730. The number of amides is 1. The van der Waals surface area contributed by atoms with Crippen molar-refractivity contribution in [1.29, 1.82) is 0 Å². The predicted molar refractivity (Wildman–Crippen MR) is 63.4 cm³/mol. The molecule has 86 valence electrons. The van der Waals surface area contributed by atoms with Gasteiger partial charge in [0.2, 0.25) is 5.95 Å². The zero-order valence-corrected chi connectivity index (χ0v) is 9.24. The smallest absolute Gasteiger partial charge is 0.262 e. The highest BCUT2D eigenvalue weighted by molar-refractivity contribution is 6.08. The molecule has 0 radical (unpaired) electrons. The molecule has 0 fully saturated rings. The van der Waals surface area contributed by atoms with Crippen LogP contribution in [0.3, 0.4) is 0 Å². The van der Waals surface area contributed by atoms with E-state index >= 15 is 0 Å². The number of nitrogen functional groups attached to an aromatic ring is 1. The molecule has 2 aromatic rings. The summed E-state index contributed by atoms with van der Waals surface area (Å²) in [5, 5.41) is 0. The van der Waals surface area contributed by atoms with Crippen LogP contribution in [-0.4, -0.2) is 27.9 Å². The summed E-state index contributed by atoms with van der Waals surface area (Å²) in [5.74, 6) is 0.0301. The van der Waals surface area contributed by atoms with Gasteiger partial charge in [0.1, 0.15) is 12.7 Å². The summed E-state index contributed by atoms with van der Waals surface area (Å²) in [6.07, 6.45) is 2.67. The third kappa shape index (κ3) is 2.20. The largest absolute Gasteiger partial charge is 0.398 e. The topological polar surface area (TPSA) is 85.0 Å². The molecule has 0 saturated carbocycles. The van der Waals surface area contributed by atoms with Gasteiger partial charge in [-0.15, -0.1) is 0 Å². The van der Waals surface area contributed by atoms with Crippen molar-refractivity contribution in [3.05, 3.63) is 42.5 Å². The zero-order chi connectivity index (χ0) is 12.3. The molecule has 6 heteroatoms. The molecule has 1 heterocycles. The molecule has 0 saturated heterocycles. The minimum atomic E-state index is -0.255. The molecule has 0 atom stereocenters. The van der Waals surface area contributed by atoms with E-state index in [9.17, 15) is 4.79 Å². The number of carbonyl (C=O) groups excluding carboxylic acids is 1. The SMILES string of the molecule is CN(C(=O)c1ccccc1N)c1ncncn1. The Morgan fingerprint density at radius 2 is 1.88 bits per heavy atom. The standard InChI is InChI=1S/C11H11N5O/c1-16(11-14-6-13-7-15-11)10(17)8-4-2-3-5-9(8)12/h2-7H,12H2,1H3. The van der Waals surface area contributed by atoms with Crippen LogP contribution in [0.1, 0.15) is 10.4 Å². The van der Waals surface area contributed by atoms with Crippen LogP contribution in [0.15, 0.2) is 36.9 Å². The van der Waals surface area contributed by atoms with Crippen molar-refractivity contribution < 1.29 is 4.79 Å². The molecule has 0 aliphatic heterocycles. The molecule has 6 nitrogen and oxygen atoms in total. The summed E-state index contributed by atoms with van der Waals surface area (Å²) in [7, 11) is 1.59. The van der Waals surface area contributed by atoms with Crippen molar-refractivity contribution in [3.8, 4) is 0 Å². The molecule has 0 bridgehead atoms. The minimum Gasteiger partial charge on any atom is -0.398 e. The first-order valence-electron chi connectivity index (χ1n) is 4.94. The van der Waals surface area contributed by atoms with E-state index < -0.39 is 0 Å². The maximum absolute atomic E-state index is 12.1. The second-order valence-corrected chi connectivity index (χ2v) is 3.39. The lowest BCUT2D eigenvalue weighted by atomic mass is 10.1. The minimum absolute atomic E-state index is 0.255. The van der Waals surface area contributed by atoms with Crippen molar-refractivity contribution in [1.82, 2.24) is 15.0 Å². The molecule has 1 amide bonds. The normalized spacial score (nSPS) is 9.94. The van der Waals surface area contributed by atoms with Crippen molar-refractivity contribution in [2.45, 2.75) is 0 Å². The summed E-state index contributed by atoms with van der Waals surface area (Å²) in [6.45, 7) is 0. The lowest BCUT2D eigenvalue weighted by Gasteiger charge is -2.15. The quantitative estimate of drug-likeness (QED) is 0.767. The van der Waals surface area contributed by atoms with Gasteiger partial charge in [-0.3, -0.25) is 9.69 Å². The maximum Gasteiger partial charge on any atom is 0.262 e. The van der Waals surface area contributed by atoms with Gasteiger partial charge in [0, 0.05) is 12.7 Å². The number of aromatic nitrogens is 3. The van der Waals surface area contributed by atoms with Gasteiger partial charge >= 0.3 is 0 Å². The molecule has 0 aliphatic rings. The second kappa shape index (κ2) is 4.56. The maximum atomic E-state index is 12.1. The molecule has 0 spiro atoms. The van der Waals surface area contributed by atoms with E-state index in [0.717, 1.165) is 0 Å². The van der Waals surface area contributed by atoms with Gasteiger partial charge < -0.3 is 5.73 Å². The molecule has 17 heavy (non-hydrogen) atoms. The van der Waals surface area contributed by atoms with Crippen LogP contribution in [0.2, 0.25) is 0 Å². The van der Waals surface area contributed by atoms with E-state index in [2.05, 4.69) is 15.0 Å². The third-order valence-electron chi connectivity index (χ3n) is 2.28. The molecular weight excluding hydrogens is 218 g/mol. The van der Waals surface area contributed by atoms with Crippen molar-refractivity contribution in [2.75, 3.05) is 17.7 Å². The van der Waals surface area contributed by atoms with Gasteiger partial charge in [-0.2, -0.15) is 0 Å². The Hall–Kier alpha value is -2.50. The zero-order valence-electron chi connectivity index (χ0n) is 9.24. The molecule has 0 unspecified atom stereocenters. The van der Waals surface area contributed by atoms with Crippen LogP contribution in [0, 0.1) is 0 Å². The Morgan fingerprint density at radius 1 is 1.24 bits per heavy atom. The average molecular weight is 229 g/mol. The molecule has 0 aliphatic carbocycles. The number of nitrogens with two attached hydrogens (primary N) is 1.